The topological polar surface area (TPSA) is 76.5 Å². The fourth-order valence-corrected chi connectivity index (χ4v) is 4.04. The number of aromatic nitrogens is 4. The number of hydrogen-bond acceptors (Lipinski definition) is 5. The van der Waals surface area contributed by atoms with Gasteiger partial charge in [0.25, 0.3) is 5.91 Å². The highest BCUT2D eigenvalue weighted by molar-refractivity contribution is 5.94. The van der Waals surface area contributed by atoms with Gasteiger partial charge in [0.15, 0.2) is 5.82 Å². The third-order valence-corrected chi connectivity index (χ3v) is 5.60. The van der Waals surface area contributed by atoms with Crippen LogP contribution in [0.2, 0.25) is 0 Å². The maximum absolute atomic E-state index is 13.2. The number of nitrogens with zero attached hydrogens (tertiary/aromatic N) is 5. The number of carbonyl (C=O) groups excluding carboxylic acids is 1. The van der Waals surface area contributed by atoms with Gasteiger partial charge in [0.05, 0.1) is 5.69 Å². The van der Waals surface area contributed by atoms with Crippen molar-refractivity contribution >= 4 is 11.6 Å². The molecule has 3 aromatic rings. The first-order chi connectivity index (χ1) is 13.2. The highest BCUT2D eigenvalue weighted by Gasteiger charge is 2.31. The zero-order valence-electron chi connectivity index (χ0n) is 15.5. The van der Waals surface area contributed by atoms with E-state index in [0.717, 1.165) is 49.5 Å². The molecule has 0 bridgehead atoms. The van der Waals surface area contributed by atoms with E-state index in [0.29, 0.717) is 23.4 Å². The van der Waals surface area contributed by atoms with Crippen molar-refractivity contribution in [2.75, 3.05) is 13.1 Å². The third kappa shape index (κ3) is 3.11. The Balaban J connectivity index is 1.32. The van der Waals surface area contributed by atoms with E-state index in [-0.39, 0.29) is 5.91 Å². The molecule has 7 heteroatoms. The Kier molecular flexibility index (Phi) is 3.95. The van der Waals surface area contributed by atoms with E-state index in [2.05, 4.69) is 15.1 Å². The molecule has 7 nitrogen and oxygen atoms in total. The van der Waals surface area contributed by atoms with Gasteiger partial charge in [-0.2, -0.15) is 4.98 Å². The molecular formula is C20H23N5O2. The summed E-state index contributed by atoms with van der Waals surface area (Å²) >= 11 is 0. The quantitative estimate of drug-likeness (QED) is 0.710. The van der Waals surface area contributed by atoms with E-state index in [4.69, 9.17) is 4.52 Å². The van der Waals surface area contributed by atoms with Gasteiger partial charge in [-0.3, -0.25) is 9.20 Å². The Labute approximate surface area is 157 Å². The zero-order valence-corrected chi connectivity index (χ0v) is 15.5. The van der Waals surface area contributed by atoms with Crippen LogP contribution in [-0.2, 0) is 6.42 Å². The molecule has 1 amide bonds. The van der Waals surface area contributed by atoms with Gasteiger partial charge in [-0.15, -0.1) is 0 Å². The summed E-state index contributed by atoms with van der Waals surface area (Å²) in [6.45, 7) is 3.41. The first kappa shape index (κ1) is 16.5. The van der Waals surface area contributed by atoms with Gasteiger partial charge in [0, 0.05) is 31.6 Å². The molecule has 1 unspecified atom stereocenters. The molecule has 2 fully saturated rings. The van der Waals surface area contributed by atoms with Crippen LogP contribution >= 0.6 is 0 Å². The van der Waals surface area contributed by atoms with E-state index in [1.165, 1.54) is 12.8 Å². The number of hydrogen-bond donors (Lipinski definition) is 0. The Morgan fingerprint density at radius 1 is 1.26 bits per heavy atom. The summed E-state index contributed by atoms with van der Waals surface area (Å²) in [5.41, 5.74) is 2.25. The van der Waals surface area contributed by atoms with Crippen molar-refractivity contribution < 1.29 is 9.32 Å². The van der Waals surface area contributed by atoms with Crippen LogP contribution in [0, 0.1) is 12.8 Å². The lowest BCUT2D eigenvalue weighted by Crippen LogP contribution is -2.41. The van der Waals surface area contributed by atoms with Crippen molar-refractivity contribution in [3.63, 3.8) is 0 Å². The van der Waals surface area contributed by atoms with Crippen LogP contribution in [0.25, 0.3) is 5.65 Å². The van der Waals surface area contributed by atoms with Crippen LogP contribution < -0.4 is 0 Å². The van der Waals surface area contributed by atoms with Gasteiger partial charge < -0.3 is 9.42 Å². The molecule has 3 aromatic heterocycles. The number of likely N-dealkylation sites (tertiary alicyclic amines) is 1. The summed E-state index contributed by atoms with van der Waals surface area (Å²) in [4.78, 5) is 24.2. The molecule has 1 aliphatic heterocycles. The minimum Gasteiger partial charge on any atom is -0.339 e. The largest absolute Gasteiger partial charge is 0.339 e. The molecule has 0 aromatic carbocycles. The number of amides is 1. The fourth-order valence-electron chi connectivity index (χ4n) is 4.04. The zero-order chi connectivity index (χ0) is 18.4. The van der Waals surface area contributed by atoms with Gasteiger partial charge in [-0.1, -0.05) is 11.2 Å². The molecule has 0 spiro atoms. The molecule has 140 valence electrons. The van der Waals surface area contributed by atoms with E-state index in [1.54, 1.807) is 0 Å². The molecule has 4 heterocycles. The van der Waals surface area contributed by atoms with Gasteiger partial charge in [-0.25, -0.2) is 4.98 Å². The van der Waals surface area contributed by atoms with Crippen molar-refractivity contribution in [2.45, 2.75) is 44.9 Å². The highest BCUT2D eigenvalue weighted by Crippen LogP contribution is 2.38. The second-order valence-electron chi connectivity index (χ2n) is 7.76. The van der Waals surface area contributed by atoms with Crippen LogP contribution in [0.5, 0.6) is 0 Å². The fraction of sp³-hybridized carbons (Fsp3) is 0.500. The predicted octanol–water partition coefficient (Wildman–Crippen LogP) is 3.00. The Morgan fingerprint density at radius 2 is 2.15 bits per heavy atom. The number of aryl methyl sites for hydroxylation is 1. The van der Waals surface area contributed by atoms with Crippen molar-refractivity contribution in [3.05, 3.63) is 47.5 Å². The molecule has 1 saturated heterocycles. The molecule has 1 atom stereocenters. The maximum Gasteiger partial charge on any atom is 0.272 e. The molecule has 1 aliphatic carbocycles. The molecular weight excluding hydrogens is 342 g/mol. The number of imidazole rings is 1. The molecule has 2 aliphatic rings. The minimum absolute atomic E-state index is 0.0556. The number of rotatable bonds is 4. The predicted molar refractivity (Wildman–Crippen MR) is 98.5 cm³/mol. The second kappa shape index (κ2) is 6.48. The summed E-state index contributed by atoms with van der Waals surface area (Å²) in [6, 6.07) is 5.79. The SMILES string of the molecule is Cc1nc2ccccn2c1C(=O)N1CCCC(Cc2nc(C3CC3)no2)C1. The van der Waals surface area contributed by atoms with Gasteiger partial charge >= 0.3 is 0 Å². The van der Waals surface area contributed by atoms with Gasteiger partial charge in [-0.05, 0) is 50.7 Å². The highest BCUT2D eigenvalue weighted by atomic mass is 16.5. The average molecular weight is 365 g/mol. The number of carbonyl (C=O) groups is 1. The van der Waals surface area contributed by atoms with Crippen LogP contribution in [0.1, 0.15) is 59.5 Å². The monoisotopic (exact) mass is 365 g/mol. The van der Waals surface area contributed by atoms with Crippen molar-refractivity contribution in [1.29, 1.82) is 0 Å². The molecule has 0 radical (unpaired) electrons. The molecule has 1 saturated carbocycles. The second-order valence-corrected chi connectivity index (χ2v) is 7.76. The first-order valence-electron chi connectivity index (χ1n) is 9.74. The number of piperidine rings is 1. The molecule has 0 N–H and O–H groups in total. The summed E-state index contributed by atoms with van der Waals surface area (Å²) in [5.74, 6) is 2.48. The van der Waals surface area contributed by atoms with E-state index < -0.39 is 0 Å². The van der Waals surface area contributed by atoms with E-state index in [1.807, 2.05) is 40.6 Å². The standard InChI is InChI=1S/C20H23N5O2/c1-13-18(25-10-3-2-6-16(25)21-13)20(26)24-9-4-5-14(12-24)11-17-22-19(23-27-17)15-7-8-15/h2-3,6,10,14-15H,4-5,7-9,11-12H2,1H3. The van der Waals surface area contributed by atoms with Crippen LogP contribution in [0.15, 0.2) is 28.9 Å². The third-order valence-electron chi connectivity index (χ3n) is 5.60. The Bertz CT molecular complexity index is 987. The van der Waals surface area contributed by atoms with Gasteiger partial charge in [0.1, 0.15) is 11.3 Å². The van der Waals surface area contributed by atoms with Crippen molar-refractivity contribution in [1.82, 2.24) is 24.4 Å². The lowest BCUT2D eigenvalue weighted by atomic mass is 9.94. The maximum atomic E-state index is 13.2. The van der Waals surface area contributed by atoms with Crippen LogP contribution in [0.3, 0.4) is 0 Å². The number of fused-ring (bicyclic) bond motifs is 1. The van der Waals surface area contributed by atoms with Crippen LogP contribution in [-0.4, -0.2) is 43.4 Å². The van der Waals surface area contributed by atoms with Gasteiger partial charge in [0.2, 0.25) is 5.89 Å². The lowest BCUT2D eigenvalue weighted by molar-refractivity contribution is 0.0660. The normalized spacial score (nSPS) is 20.3. The Morgan fingerprint density at radius 3 is 3.00 bits per heavy atom. The average Bonchev–Trinajstić information content (AvgIpc) is 3.33. The minimum atomic E-state index is 0.0556. The summed E-state index contributed by atoms with van der Waals surface area (Å²) < 4.78 is 7.32. The van der Waals surface area contributed by atoms with E-state index in [9.17, 15) is 4.79 Å². The first-order valence-corrected chi connectivity index (χ1v) is 9.74. The van der Waals surface area contributed by atoms with Crippen LogP contribution in [0.4, 0.5) is 0 Å². The smallest absolute Gasteiger partial charge is 0.272 e. The Hall–Kier alpha value is -2.70. The number of pyridine rings is 1. The van der Waals surface area contributed by atoms with Crippen molar-refractivity contribution in [3.8, 4) is 0 Å². The summed E-state index contributed by atoms with van der Waals surface area (Å²) in [5, 5.41) is 4.11. The molecule has 27 heavy (non-hydrogen) atoms. The van der Waals surface area contributed by atoms with Crippen molar-refractivity contribution in [2.24, 2.45) is 5.92 Å². The summed E-state index contributed by atoms with van der Waals surface area (Å²) in [6.07, 6.45) is 7.07. The summed E-state index contributed by atoms with van der Waals surface area (Å²) in [7, 11) is 0. The molecule has 5 rings (SSSR count). The van der Waals surface area contributed by atoms with E-state index >= 15 is 0 Å². The lowest BCUT2D eigenvalue weighted by Gasteiger charge is -2.32.